The number of benzene rings is 2. The second-order valence-corrected chi connectivity index (χ2v) is 16.5. The number of quaternary nitrogens is 1. The van der Waals surface area contributed by atoms with E-state index in [9.17, 15) is 5.21 Å². The van der Waals surface area contributed by atoms with Crippen LogP contribution in [0.3, 0.4) is 0 Å². The van der Waals surface area contributed by atoms with Crippen molar-refractivity contribution < 1.29 is 57.5 Å². The maximum absolute atomic E-state index is 10.0. The van der Waals surface area contributed by atoms with Crippen LogP contribution in [0.2, 0.25) is 0 Å². The van der Waals surface area contributed by atoms with Gasteiger partial charge >= 0.3 is 51.4 Å². The summed E-state index contributed by atoms with van der Waals surface area (Å²) in [6, 6.07) is 26.3. The van der Waals surface area contributed by atoms with Crippen molar-refractivity contribution in [3.63, 3.8) is 0 Å². The van der Waals surface area contributed by atoms with Gasteiger partial charge in [-0.1, -0.05) is 74.5 Å². The summed E-state index contributed by atoms with van der Waals surface area (Å²) in [5.74, 6) is 4.41. The number of hydrogen-bond donors (Lipinski definition) is 0. The molecule has 9 rings (SSSR count). The molecule has 56 heavy (non-hydrogen) atoms. The fourth-order valence-corrected chi connectivity index (χ4v) is 6.96. The van der Waals surface area contributed by atoms with Gasteiger partial charge in [-0.05, 0) is 107 Å². The van der Waals surface area contributed by atoms with Gasteiger partial charge in [0.25, 0.3) is 0 Å². The third kappa shape index (κ3) is 16.6. The number of likely N-dealkylation sites (N-methyl/N-ethyl adjacent to an activating group) is 1. The third-order valence-electron chi connectivity index (χ3n) is 10.3. The normalized spacial score (nSPS) is 20.1. The molecule has 2 atom stereocenters. The van der Waals surface area contributed by atoms with Gasteiger partial charge < -0.3 is 16.2 Å². The van der Waals surface area contributed by atoms with Crippen LogP contribution in [0.5, 0.6) is 0 Å². The zero-order valence-electron chi connectivity index (χ0n) is 35.0. The molecule has 5 aliphatic rings. The van der Waals surface area contributed by atoms with E-state index >= 15 is 0 Å². The fourth-order valence-electron chi connectivity index (χ4n) is 6.96. The zero-order valence-corrected chi connectivity index (χ0v) is 37.1. The topological polar surface area (TPSA) is 61.9 Å². The van der Waals surface area contributed by atoms with E-state index < -0.39 is 0 Å². The minimum atomic E-state index is -0.250. The van der Waals surface area contributed by atoms with Crippen LogP contribution in [0, 0.1) is 17.0 Å². The SMILES string of the molecule is C(=C\c1cc(C2CC2)nn1CC1CC1)/c1ccccc1.CN1CC(c2ccccc2)C(c2cc(C3CC3)nn2CC2CC2)C1.C[N+](C)(C)[O-].[B][B][BH3-].[B][B][B].[H-].[K+]. The van der Waals surface area contributed by atoms with Crippen LogP contribution in [0.4, 0.5) is 0 Å². The predicted octanol–water partition coefficient (Wildman–Crippen LogP) is 2.54. The first-order chi connectivity index (χ1) is 26.5. The summed E-state index contributed by atoms with van der Waals surface area (Å²) in [5.41, 5.74) is 8.17. The smallest absolute Gasteiger partial charge is 1.00 e. The molecule has 7 nitrogen and oxygen atoms in total. The van der Waals surface area contributed by atoms with E-state index in [0.717, 1.165) is 56.9 Å². The van der Waals surface area contributed by atoms with Gasteiger partial charge in [-0.25, -0.2) is 0 Å². The van der Waals surface area contributed by atoms with Crippen molar-refractivity contribution in [2.45, 2.75) is 88.1 Å². The summed E-state index contributed by atoms with van der Waals surface area (Å²) in [6.45, 7) is 4.55. The Hall–Kier alpha value is -1.49. The Labute approximate surface area is 388 Å². The van der Waals surface area contributed by atoms with Crippen LogP contribution in [0.25, 0.3) is 12.2 Å². The monoisotopic (exact) mass is 770 g/mol. The van der Waals surface area contributed by atoms with Crippen LogP contribution in [0.15, 0.2) is 72.8 Å². The quantitative estimate of drug-likeness (QED) is 0.142. The molecular formula is C42H60B6KN6O-. The molecule has 4 aliphatic carbocycles. The van der Waals surface area contributed by atoms with Crippen LogP contribution in [-0.4, -0.2) is 115 Å². The van der Waals surface area contributed by atoms with E-state index in [0.29, 0.717) is 19.6 Å². The molecule has 4 saturated carbocycles. The second kappa shape index (κ2) is 23.3. The van der Waals surface area contributed by atoms with E-state index in [2.05, 4.69) is 122 Å². The van der Waals surface area contributed by atoms with Crippen LogP contribution >= 0.6 is 0 Å². The van der Waals surface area contributed by atoms with E-state index in [-0.39, 0.29) is 57.5 Å². The Balaban J connectivity index is 0.000000239. The van der Waals surface area contributed by atoms with Gasteiger partial charge in [0.05, 0.1) is 38.2 Å². The molecule has 284 valence electrons. The first-order valence-electron chi connectivity index (χ1n) is 19.8. The van der Waals surface area contributed by atoms with Crippen LogP contribution in [-0.2, 0) is 13.1 Å². The van der Waals surface area contributed by atoms with E-state index in [1.807, 2.05) is 0 Å². The minimum Gasteiger partial charge on any atom is -1.00 e. The number of likely N-dealkylation sites (tertiary alicyclic amines) is 1. The van der Waals surface area contributed by atoms with Crippen molar-refractivity contribution in [3.8, 4) is 0 Å². The Morgan fingerprint density at radius 2 is 1.20 bits per heavy atom. The van der Waals surface area contributed by atoms with Crippen LogP contribution < -0.4 is 51.4 Å². The van der Waals surface area contributed by atoms with Gasteiger partial charge in [-0.3, -0.25) is 9.36 Å². The molecular weight excluding hydrogens is 708 g/mol. The number of hydroxylamine groups is 3. The zero-order chi connectivity index (χ0) is 39.4. The van der Waals surface area contributed by atoms with Crippen LogP contribution in [0.1, 0.15) is 110 Å². The number of nitrogens with zero attached hydrogens (tertiary/aromatic N) is 6. The Kier molecular flexibility index (Phi) is 19.7. The van der Waals surface area contributed by atoms with Crippen molar-refractivity contribution in [1.82, 2.24) is 24.5 Å². The molecule has 0 spiro atoms. The maximum atomic E-state index is 10.0. The van der Waals surface area contributed by atoms with Gasteiger partial charge in [0.2, 0.25) is 0 Å². The maximum Gasteiger partial charge on any atom is 1.00 e. The van der Waals surface area contributed by atoms with E-state index in [4.69, 9.17) is 17.9 Å². The Morgan fingerprint density at radius 3 is 1.70 bits per heavy atom. The Morgan fingerprint density at radius 1 is 0.750 bits per heavy atom. The average molecular weight is 769 g/mol. The summed E-state index contributed by atoms with van der Waals surface area (Å²) in [6.07, 6.45) is 15.3. The summed E-state index contributed by atoms with van der Waals surface area (Å²) in [5, 5.41) is 19.9. The molecule has 1 aliphatic heterocycles. The molecule has 0 N–H and O–H groups in total. The van der Waals surface area contributed by atoms with Gasteiger partial charge in [0.15, 0.2) is 0 Å². The molecule has 2 aromatic heterocycles. The second-order valence-electron chi connectivity index (χ2n) is 16.5. The standard InChI is InChI=1S/C21H27N3.C18H20N2.C3H9NO.B3H3.B3.K.H/c1-23-13-18(16-5-3-2-4-6-16)19(14-23)21-11-20(17-9-10-17)22-24(21)12-15-7-8-15;1-2-4-14(5-3-1)8-11-17-12-18(16-9-10-16)19-20(17)13-15-6-7-15;1-4(2,3)5;2*1-3-2;;/h2-6,11,15,17-19H,7-10,12-14H2,1H3;1-5,8,11-12,15-16H,6-7,9-10,13H2;1-3H3;1H3;;;/q;;;-1;;+1;-1/b;11-8+;;;;;. The molecule has 14 heteroatoms. The van der Waals surface area contributed by atoms with Crippen molar-refractivity contribution in [2.75, 3.05) is 41.3 Å². The van der Waals surface area contributed by atoms with Crippen molar-refractivity contribution >= 4 is 57.2 Å². The summed E-state index contributed by atoms with van der Waals surface area (Å²) < 4.78 is 4.37. The third-order valence-corrected chi connectivity index (χ3v) is 10.3. The molecule has 2 unspecified atom stereocenters. The largest absolute Gasteiger partial charge is 1.00 e. The molecule has 2 aromatic carbocycles. The van der Waals surface area contributed by atoms with Gasteiger partial charge in [0.1, 0.15) is 0 Å². The first-order valence-corrected chi connectivity index (χ1v) is 19.8. The molecule has 4 aromatic rings. The molecule has 0 bridgehead atoms. The van der Waals surface area contributed by atoms with Crippen molar-refractivity contribution in [1.29, 1.82) is 0 Å². The number of hydrogen-bond acceptors (Lipinski definition) is 4. The number of rotatable bonds is 10. The van der Waals surface area contributed by atoms with Gasteiger partial charge in [0, 0.05) is 78.1 Å². The Bertz CT molecular complexity index is 1740. The number of aromatic nitrogens is 4. The molecule has 8 radical (unpaired) electrons. The molecule has 0 amide bonds. The van der Waals surface area contributed by atoms with E-state index in [1.165, 1.54) is 85.3 Å². The van der Waals surface area contributed by atoms with Gasteiger partial charge in [-0.15, -0.1) is 0 Å². The summed E-state index contributed by atoms with van der Waals surface area (Å²) in [7, 11) is 24.0. The molecule has 5 fully saturated rings. The minimum absolute atomic E-state index is 0. The first kappa shape index (κ1) is 47.2. The fraction of sp³-hybridized carbons (Fsp3) is 0.524. The van der Waals surface area contributed by atoms with Crippen molar-refractivity contribution in [3.05, 3.63) is 112 Å². The van der Waals surface area contributed by atoms with Crippen molar-refractivity contribution in [2.24, 2.45) is 11.8 Å². The molecule has 1 saturated heterocycles. The molecule has 3 heterocycles. The summed E-state index contributed by atoms with van der Waals surface area (Å²) >= 11 is 0. The summed E-state index contributed by atoms with van der Waals surface area (Å²) in [4.78, 5) is 2.49. The van der Waals surface area contributed by atoms with E-state index in [1.54, 1.807) is 28.2 Å². The average Bonchev–Trinajstić information content (AvgIpc) is 3.94. The van der Waals surface area contributed by atoms with Gasteiger partial charge in [-0.2, -0.15) is 17.3 Å². The predicted molar refractivity (Wildman–Crippen MR) is 240 cm³/mol.